The molecule has 0 radical (unpaired) electrons. The van der Waals surface area contributed by atoms with Gasteiger partial charge in [0.15, 0.2) is 25.2 Å². The van der Waals surface area contributed by atoms with E-state index in [1.165, 1.54) is 0 Å². The van der Waals surface area contributed by atoms with Gasteiger partial charge in [0.05, 0.1) is 83.2 Å². The average Bonchev–Trinajstić information content (AvgIpc) is 0.761. The molecule has 4 amide bonds. The van der Waals surface area contributed by atoms with Crippen LogP contribution in [0.4, 0.5) is 0 Å². The fraction of sp³-hybridized carbons (Fsp3) is 0.885. The molecule has 548 valence electrons. The van der Waals surface area contributed by atoms with Crippen molar-refractivity contribution in [2.75, 3.05) is 52.9 Å². The molecule has 0 unspecified atom stereocenters. The minimum Gasteiger partial charge on any atom is -0.544 e. The first kappa shape index (κ1) is 79.6. The van der Waals surface area contributed by atoms with Crippen molar-refractivity contribution in [3.8, 4) is 0 Å². The summed E-state index contributed by atoms with van der Waals surface area (Å²) in [6, 6.07) is -6.87. The van der Waals surface area contributed by atoms with E-state index in [9.17, 15) is 136 Å². The van der Waals surface area contributed by atoms with Gasteiger partial charge in [0.25, 0.3) is 0 Å². The molecule has 0 aliphatic carbocycles. The number of aliphatic hydroxyl groups is 19. The normalized spacial score (nSPS) is 42.5. The van der Waals surface area contributed by atoms with Crippen LogP contribution in [0, 0.1) is 0 Å². The van der Waals surface area contributed by atoms with Crippen LogP contribution in [-0.4, -0.2) is 387 Å². The Kier molecular flexibility index (Phi) is 29.0. The lowest BCUT2D eigenvalue weighted by atomic mass is 9.87. The van der Waals surface area contributed by atoms with Crippen LogP contribution < -0.4 is 31.5 Å². The van der Waals surface area contributed by atoms with E-state index in [1.807, 2.05) is 0 Å². The molecule has 0 aromatic rings. The Bertz CT molecular complexity index is 2500. The van der Waals surface area contributed by atoms with E-state index in [4.69, 9.17) is 56.8 Å². The summed E-state index contributed by atoms with van der Waals surface area (Å²) in [6.07, 6.45) is -62.2. The molecule has 0 aromatic heterocycles. The minimum absolute atomic E-state index is 0.243. The summed E-state index contributed by atoms with van der Waals surface area (Å²) >= 11 is 0. The third-order valence-corrected chi connectivity index (χ3v) is 16.5. The van der Waals surface area contributed by atoms with E-state index in [1.54, 1.807) is 0 Å². The molecule has 0 spiro atoms. The van der Waals surface area contributed by atoms with E-state index in [-0.39, 0.29) is 6.41 Å². The lowest BCUT2D eigenvalue weighted by Gasteiger charge is -2.53. The molecule has 43 heteroatoms. The zero-order valence-corrected chi connectivity index (χ0v) is 50.7. The number of aliphatic carboxylic acids is 2. The van der Waals surface area contributed by atoms with Crippen molar-refractivity contribution in [1.82, 2.24) is 21.3 Å². The summed E-state index contributed by atoms with van der Waals surface area (Å²) in [5.74, 6) is -15.0. The van der Waals surface area contributed by atoms with Gasteiger partial charge in [-0.2, -0.15) is 0 Å². The number of carboxylic acids is 2. The molecule has 95 heavy (non-hydrogen) atoms. The molecular weight excluding hydrogens is 1300 g/mol. The Labute approximate surface area is 537 Å². The van der Waals surface area contributed by atoms with Crippen LogP contribution in [-0.2, 0) is 85.6 Å². The maximum atomic E-state index is 13.5. The van der Waals surface area contributed by atoms with Crippen LogP contribution in [0.1, 0.15) is 33.6 Å². The molecule has 6 saturated heterocycles. The summed E-state index contributed by atoms with van der Waals surface area (Å²) in [5.41, 5.74) is 0. The number of carboxylic acid groups (broad SMARTS) is 2. The van der Waals surface area contributed by atoms with Gasteiger partial charge >= 0.3 is 0 Å². The highest BCUT2D eigenvalue weighted by molar-refractivity contribution is 5.76. The molecule has 0 saturated carbocycles. The SMILES string of the molecule is CC(=O)N[C@H]1[C@H](O[C@H]2[C@@H](O)[C@@H](CO)O[C@@H](O[C@H]3[C@H](O)[C@@H](O)[C@H](OC[C@@H](CO)NC=O)O[C@@H]3CO)[C@@H]2O)O[C@H](CO)[C@@H](O)[C@@H]1O[C@@H]1O[C@H](CO)[C@H](O)[C@H](O[C@]2(C(=O)[O-])C[C@H](O)[C@@H](NC(C)=O)[C@H]([C@H](O)[C@@H](CO)O[C@]3(C(=O)[O-])C[C@H](O)[C@@H](NC(C)=O)[C@H]([C@H](O)[C@H](O)CO)O3)O2)[C@H]1O. The van der Waals surface area contributed by atoms with Crippen LogP contribution in [0.5, 0.6) is 0 Å². The number of hydrogen-bond acceptors (Lipinski definition) is 39. The second kappa shape index (κ2) is 34.6. The lowest BCUT2D eigenvalue weighted by Crippen LogP contribution is -2.73. The van der Waals surface area contributed by atoms with Gasteiger partial charge in [-0.1, -0.05) is 0 Å². The summed E-state index contributed by atoms with van der Waals surface area (Å²) < 4.78 is 68.3. The Hall–Kier alpha value is -4.42. The van der Waals surface area contributed by atoms with Gasteiger partial charge in [-0.3, -0.25) is 19.2 Å². The summed E-state index contributed by atoms with van der Waals surface area (Å²) in [4.78, 5) is 75.1. The fourth-order valence-electron chi connectivity index (χ4n) is 11.7. The predicted octanol–water partition coefficient (Wildman–Crippen LogP) is -18.8. The predicted molar refractivity (Wildman–Crippen MR) is 287 cm³/mol. The number of carbonyl (C=O) groups is 6. The Morgan fingerprint density at radius 1 is 0.505 bits per heavy atom. The second-order valence-electron chi connectivity index (χ2n) is 23.3. The zero-order chi connectivity index (χ0) is 70.9. The van der Waals surface area contributed by atoms with Gasteiger partial charge in [0.2, 0.25) is 35.7 Å². The standard InChI is InChI=1S/C52H86N4O39/c1-15(65)54-27-19(68)4-51(49(80)81,93-41(27)30(71)21(70)7-58)92-25(11-62)34(75)42-28(55-16(2)66)20(69)5-52(94-42,50(82)83)95-44-33(74)24(10-61)87-48(38(44)79)90-40-29(56-17(3)67)45(85-22(8-59)31(40)72)91-43-32(73)23(9-60)86-47(37(43)78)89-39-26(12-63)88-46(36(77)35(39)76)84-13-18(6-57)53-14-64/h14,18-48,57-63,68-79H,4-13H2,1-3H3,(H,53,64)(H,54,65)(H,55,66)(H,56,67)(H,80,81)(H,82,83)/p-2/t18-,19+,20+,21-,22-,23-,24-,25-,26-,27-,28-,29-,30-,31-,32+,33+,34-,35-,36-,37-,38-,39-,40-,41-,42-,43+,44+,45+,46-,47+,48+,51-,52+/m1/s1. The van der Waals surface area contributed by atoms with E-state index in [0.717, 1.165) is 20.8 Å². The first-order chi connectivity index (χ1) is 44.8. The van der Waals surface area contributed by atoms with Gasteiger partial charge < -0.3 is 195 Å². The van der Waals surface area contributed by atoms with Crippen LogP contribution in [0.25, 0.3) is 0 Å². The van der Waals surface area contributed by atoms with Crippen LogP contribution in [0.15, 0.2) is 0 Å². The Morgan fingerprint density at radius 3 is 1.41 bits per heavy atom. The van der Waals surface area contributed by atoms with Gasteiger partial charge in [0, 0.05) is 33.6 Å². The van der Waals surface area contributed by atoms with Gasteiger partial charge in [-0.15, -0.1) is 0 Å². The third kappa shape index (κ3) is 18.0. The fourth-order valence-corrected chi connectivity index (χ4v) is 11.7. The monoisotopic (exact) mass is 1390 g/mol. The first-order valence-electron chi connectivity index (χ1n) is 29.5. The molecule has 43 nitrogen and oxygen atoms in total. The van der Waals surface area contributed by atoms with Gasteiger partial charge in [0.1, 0.15) is 146 Å². The highest BCUT2D eigenvalue weighted by Gasteiger charge is 2.61. The van der Waals surface area contributed by atoms with E-state index >= 15 is 0 Å². The van der Waals surface area contributed by atoms with Crippen molar-refractivity contribution < 1.29 is 193 Å². The summed E-state index contributed by atoms with van der Waals surface area (Å²) in [6.45, 7) is -5.80. The molecule has 6 fully saturated rings. The van der Waals surface area contributed by atoms with Crippen molar-refractivity contribution in [2.24, 2.45) is 0 Å². The molecular formula is C52H84N4O39-2. The third-order valence-electron chi connectivity index (χ3n) is 16.5. The lowest BCUT2D eigenvalue weighted by molar-refractivity contribution is -0.415. The van der Waals surface area contributed by atoms with Crippen molar-refractivity contribution in [3.05, 3.63) is 0 Å². The largest absolute Gasteiger partial charge is 0.544 e. The topological polar surface area (TPSA) is 692 Å². The molecule has 6 rings (SSSR count). The Morgan fingerprint density at radius 2 is 0.937 bits per heavy atom. The number of hydrogen-bond donors (Lipinski definition) is 23. The maximum Gasteiger partial charge on any atom is 0.217 e. The first-order valence-corrected chi connectivity index (χ1v) is 29.5. The van der Waals surface area contributed by atoms with Crippen LogP contribution >= 0.6 is 0 Å². The van der Waals surface area contributed by atoms with Crippen molar-refractivity contribution >= 4 is 36.1 Å². The molecule has 33 atom stereocenters. The van der Waals surface area contributed by atoms with Gasteiger partial charge in [-0.25, -0.2) is 0 Å². The number of aliphatic hydroxyl groups excluding tert-OH is 19. The highest BCUT2D eigenvalue weighted by atomic mass is 16.8. The molecule has 6 aliphatic heterocycles. The maximum absolute atomic E-state index is 13.5. The molecule has 6 aliphatic rings. The number of ether oxygens (including phenoxy) is 12. The van der Waals surface area contributed by atoms with Gasteiger partial charge in [-0.05, 0) is 0 Å². The number of carbonyl (C=O) groups excluding carboxylic acids is 6. The van der Waals surface area contributed by atoms with E-state index in [2.05, 4.69) is 21.3 Å². The van der Waals surface area contributed by atoms with E-state index in [0.29, 0.717) is 0 Å². The second-order valence-corrected chi connectivity index (χ2v) is 23.3. The Balaban J connectivity index is 1.29. The zero-order valence-electron chi connectivity index (χ0n) is 50.7. The molecule has 0 bridgehead atoms. The smallest absolute Gasteiger partial charge is 0.217 e. The van der Waals surface area contributed by atoms with Crippen molar-refractivity contribution in [2.45, 2.75) is 235 Å². The quantitative estimate of drug-likeness (QED) is 0.0287. The number of rotatable bonds is 31. The number of amides is 4. The molecule has 6 heterocycles. The van der Waals surface area contributed by atoms with Crippen LogP contribution in [0.3, 0.4) is 0 Å². The van der Waals surface area contributed by atoms with Crippen LogP contribution in [0.2, 0.25) is 0 Å². The summed E-state index contributed by atoms with van der Waals surface area (Å²) in [7, 11) is 0. The highest BCUT2D eigenvalue weighted by Crippen LogP contribution is 2.41. The average molecular weight is 1390 g/mol. The minimum atomic E-state index is -3.64. The summed E-state index contributed by atoms with van der Waals surface area (Å²) in [5, 5.41) is 244. The molecule has 0 aromatic carbocycles. The van der Waals surface area contributed by atoms with Crippen molar-refractivity contribution in [3.63, 3.8) is 0 Å². The number of nitrogens with one attached hydrogen (secondary N) is 4. The van der Waals surface area contributed by atoms with Crippen molar-refractivity contribution in [1.29, 1.82) is 0 Å². The molecule has 23 N–H and O–H groups in total. The van der Waals surface area contributed by atoms with E-state index < -0.39 is 297 Å².